The quantitative estimate of drug-likeness (QED) is 0.772. The van der Waals surface area contributed by atoms with E-state index < -0.39 is 0 Å². The van der Waals surface area contributed by atoms with Crippen molar-refractivity contribution in [2.24, 2.45) is 0 Å². The van der Waals surface area contributed by atoms with Crippen LogP contribution in [-0.2, 0) is 9.53 Å². The average molecular weight is 354 g/mol. The number of anilines is 2. The molecule has 2 aromatic rings. The van der Waals surface area contributed by atoms with E-state index in [1.54, 1.807) is 0 Å². The van der Waals surface area contributed by atoms with Gasteiger partial charge in [0.15, 0.2) is 0 Å². The Hall–Kier alpha value is -2.53. The largest absolute Gasteiger partial charge is 0.494 e. The summed E-state index contributed by atoms with van der Waals surface area (Å²) in [6.07, 6.45) is 1.11. The number of para-hydroxylation sites is 2. The van der Waals surface area contributed by atoms with Crippen LogP contribution in [0.15, 0.2) is 48.5 Å². The summed E-state index contributed by atoms with van der Waals surface area (Å²) in [4.78, 5) is 14.5. The number of ether oxygens (including phenoxy) is 2. The Labute approximate surface area is 154 Å². The second kappa shape index (κ2) is 9.25. The number of hydrogen-bond donors (Lipinski definition) is 1. The zero-order chi connectivity index (χ0) is 18.2. The average Bonchev–Trinajstić information content (AvgIpc) is 2.68. The zero-order valence-electron chi connectivity index (χ0n) is 15.2. The Morgan fingerprint density at radius 1 is 1.12 bits per heavy atom. The minimum atomic E-state index is 0.0122. The SMILES string of the molecule is Cc1ccc(OCCCC(=O)Nc2ccccc2N2CCOCC2)cc1. The number of rotatable bonds is 7. The highest BCUT2D eigenvalue weighted by Crippen LogP contribution is 2.26. The number of amides is 1. The first-order chi connectivity index (χ1) is 12.7. The second-order valence-electron chi connectivity index (χ2n) is 6.43. The van der Waals surface area contributed by atoms with E-state index in [1.807, 2.05) is 55.5 Å². The number of nitrogens with one attached hydrogen (secondary N) is 1. The molecule has 1 aliphatic rings. The Morgan fingerprint density at radius 2 is 1.85 bits per heavy atom. The molecule has 1 amide bonds. The molecule has 0 radical (unpaired) electrons. The fraction of sp³-hybridized carbons (Fsp3) is 0.381. The first-order valence-electron chi connectivity index (χ1n) is 9.13. The van der Waals surface area contributed by atoms with E-state index in [1.165, 1.54) is 5.56 Å². The number of carbonyl (C=O) groups excluding carboxylic acids is 1. The van der Waals surface area contributed by atoms with E-state index >= 15 is 0 Å². The van der Waals surface area contributed by atoms with Gasteiger partial charge in [0.2, 0.25) is 5.91 Å². The van der Waals surface area contributed by atoms with Crippen LogP contribution in [0.5, 0.6) is 5.75 Å². The van der Waals surface area contributed by atoms with Gasteiger partial charge in [-0.05, 0) is 37.6 Å². The van der Waals surface area contributed by atoms with Crippen molar-refractivity contribution in [3.05, 3.63) is 54.1 Å². The van der Waals surface area contributed by atoms with Crippen LogP contribution in [0.1, 0.15) is 18.4 Å². The number of morpholine rings is 1. The molecule has 0 bridgehead atoms. The van der Waals surface area contributed by atoms with Gasteiger partial charge < -0.3 is 19.7 Å². The molecular weight excluding hydrogens is 328 g/mol. The molecular formula is C21H26N2O3. The van der Waals surface area contributed by atoms with Gasteiger partial charge in [-0.1, -0.05) is 29.8 Å². The van der Waals surface area contributed by atoms with Crippen LogP contribution < -0.4 is 15.0 Å². The van der Waals surface area contributed by atoms with Gasteiger partial charge in [-0.3, -0.25) is 4.79 Å². The number of aryl methyl sites for hydroxylation is 1. The van der Waals surface area contributed by atoms with Gasteiger partial charge in [0, 0.05) is 19.5 Å². The van der Waals surface area contributed by atoms with Gasteiger partial charge in [-0.15, -0.1) is 0 Å². The summed E-state index contributed by atoms with van der Waals surface area (Å²) in [5, 5.41) is 3.04. The van der Waals surface area contributed by atoms with Crippen LogP contribution in [0.2, 0.25) is 0 Å². The molecule has 1 fully saturated rings. The van der Waals surface area contributed by atoms with Crippen molar-refractivity contribution < 1.29 is 14.3 Å². The molecule has 1 aliphatic heterocycles. The zero-order valence-corrected chi connectivity index (χ0v) is 15.2. The van der Waals surface area contributed by atoms with Crippen LogP contribution in [0.4, 0.5) is 11.4 Å². The summed E-state index contributed by atoms with van der Waals surface area (Å²) in [5.74, 6) is 0.854. The minimum Gasteiger partial charge on any atom is -0.494 e. The van der Waals surface area contributed by atoms with Gasteiger partial charge >= 0.3 is 0 Å². The molecule has 138 valence electrons. The van der Waals surface area contributed by atoms with E-state index in [-0.39, 0.29) is 5.91 Å². The summed E-state index contributed by atoms with van der Waals surface area (Å²) in [6, 6.07) is 15.9. The lowest BCUT2D eigenvalue weighted by atomic mass is 10.2. The molecule has 26 heavy (non-hydrogen) atoms. The predicted molar refractivity (Wildman–Crippen MR) is 104 cm³/mol. The minimum absolute atomic E-state index is 0.0122. The highest BCUT2D eigenvalue weighted by Gasteiger charge is 2.15. The first kappa shape index (κ1) is 18.3. The maximum atomic E-state index is 12.3. The van der Waals surface area contributed by atoms with E-state index in [0.717, 1.165) is 43.4 Å². The first-order valence-corrected chi connectivity index (χ1v) is 9.13. The smallest absolute Gasteiger partial charge is 0.224 e. The number of nitrogens with zero attached hydrogens (tertiary/aromatic N) is 1. The highest BCUT2D eigenvalue weighted by molar-refractivity contribution is 5.94. The standard InChI is InChI=1S/C21H26N2O3/c1-17-8-10-18(11-9-17)26-14-4-7-21(24)22-19-5-2-3-6-20(19)23-12-15-25-16-13-23/h2-3,5-6,8-11H,4,7,12-16H2,1H3,(H,22,24). The van der Waals surface area contributed by atoms with Gasteiger partial charge in [-0.25, -0.2) is 0 Å². The molecule has 5 heteroatoms. The maximum absolute atomic E-state index is 12.3. The number of benzene rings is 2. The molecule has 3 rings (SSSR count). The monoisotopic (exact) mass is 354 g/mol. The fourth-order valence-electron chi connectivity index (χ4n) is 2.93. The van der Waals surface area contributed by atoms with Crippen LogP contribution >= 0.6 is 0 Å². The van der Waals surface area contributed by atoms with Crippen LogP contribution in [0.3, 0.4) is 0 Å². The Bertz CT molecular complexity index is 709. The topological polar surface area (TPSA) is 50.8 Å². The fourth-order valence-corrected chi connectivity index (χ4v) is 2.93. The Balaban J connectivity index is 1.46. The summed E-state index contributed by atoms with van der Waals surface area (Å²) >= 11 is 0. The van der Waals surface area contributed by atoms with Crippen LogP contribution in [0, 0.1) is 6.92 Å². The van der Waals surface area contributed by atoms with E-state index in [2.05, 4.69) is 10.2 Å². The summed E-state index contributed by atoms with van der Waals surface area (Å²) in [5.41, 5.74) is 3.12. The third-order valence-electron chi connectivity index (χ3n) is 4.37. The van der Waals surface area contributed by atoms with E-state index in [0.29, 0.717) is 19.4 Å². The van der Waals surface area contributed by atoms with Gasteiger partial charge in [0.1, 0.15) is 5.75 Å². The molecule has 0 aliphatic carbocycles. The molecule has 5 nitrogen and oxygen atoms in total. The summed E-state index contributed by atoms with van der Waals surface area (Å²) < 4.78 is 11.1. The number of hydrogen-bond acceptors (Lipinski definition) is 4. The molecule has 0 spiro atoms. The van der Waals surface area contributed by atoms with E-state index in [9.17, 15) is 4.79 Å². The van der Waals surface area contributed by atoms with Crippen molar-refractivity contribution in [1.29, 1.82) is 0 Å². The van der Waals surface area contributed by atoms with Crippen molar-refractivity contribution >= 4 is 17.3 Å². The van der Waals surface area contributed by atoms with Crippen molar-refractivity contribution in [2.45, 2.75) is 19.8 Å². The predicted octanol–water partition coefficient (Wildman–Crippen LogP) is 3.63. The molecule has 1 N–H and O–H groups in total. The number of carbonyl (C=O) groups is 1. The second-order valence-corrected chi connectivity index (χ2v) is 6.43. The Kier molecular flexibility index (Phi) is 6.50. The van der Waals surface area contributed by atoms with E-state index in [4.69, 9.17) is 9.47 Å². The molecule has 1 saturated heterocycles. The Morgan fingerprint density at radius 3 is 2.62 bits per heavy atom. The van der Waals surface area contributed by atoms with Crippen LogP contribution in [-0.4, -0.2) is 38.8 Å². The molecule has 0 aromatic heterocycles. The molecule has 2 aromatic carbocycles. The lowest BCUT2D eigenvalue weighted by Crippen LogP contribution is -2.36. The molecule has 0 atom stereocenters. The highest BCUT2D eigenvalue weighted by atomic mass is 16.5. The van der Waals surface area contributed by atoms with Gasteiger partial charge in [0.25, 0.3) is 0 Å². The van der Waals surface area contributed by atoms with Crippen molar-refractivity contribution in [1.82, 2.24) is 0 Å². The lowest BCUT2D eigenvalue weighted by Gasteiger charge is -2.30. The summed E-state index contributed by atoms with van der Waals surface area (Å²) in [7, 11) is 0. The van der Waals surface area contributed by atoms with Gasteiger partial charge in [0.05, 0.1) is 31.2 Å². The van der Waals surface area contributed by atoms with Crippen molar-refractivity contribution in [2.75, 3.05) is 43.1 Å². The molecule has 1 heterocycles. The molecule has 0 saturated carbocycles. The van der Waals surface area contributed by atoms with Crippen molar-refractivity contribution in [3.8, 4) is 5.75 Å². The normalized spacial score (nSPS) is 14.1. The summed E-state index contributed by atoms with van der Waals surface area (Å²) in [6.45, 7) is 5.70. The van der Waals surface area contributed by atoms with Gasteiger partial charge in [-0.2, -0.15) is 0 Å². The lowest BCUT2D eigenvalue weighted by molar-refractivity contribution is -0.116. The van der Waals surface area contributed by atoms with Crippen molar-refractivity contribution in [3.63, 3.8) is 0 Å². The molecule has 0 unspecified atom stereocenters. The third kappa shape index (κ3) is 5.23. The third-order valence-corrected chi connectivity index (χ3v) is 4.37. The van der Waals surface area contributed by atoms with Crippen LogP contribution in [0.25, 0.3) is 0 Å². The maximum Gasteiger partial charge on any atom is 0.224 e.